The largest absolute Gasteiger partial charge is 0.311 e. The van der Waals surface area contributed by atoms with E-state index >= 15 is 0 Å². The molecule has 0 bridgehead atoms. The van der Waals surface area contributed by atoms with Crippen LogP contribution >= 0.6 is 0 Å². The molecule has 0 unspecified atom stereocenters. The Morgan fingerprint density at radius 1 is 1.30 bits per heavy atom. The maximum absolute atomic E-state index is 12.2. The highest BCUT2D eigenvalue weighted by Gasteiger charge is 2.21. The van der Waals surface area contributed by atoms with E-state index in [0.717, 1.165) is 12.1 Å². The molecule has 0 aliphatic rings. The Labute approximate surface area is 138 Å². The van der Waals surface area contributed by atoms with Crippen LogP contribution in [0.5, 0.6) is 0 Å². The summed E-state index contributed by atoms with van der Waals surface area (Å²) in [4.78, 5) is 16.5. The molecule has 0 saturated heterocycles. The zero-order chi connectivity index (χ0) is 17.0. The normalized spacial score (nSPS) is 11.7. The first-order valence-corrected chi connectivity index (χ1v) is 8.09. The van der Waals surface area contributed by atoms with E-state index in [-0.39, 0.29) is 11.3 Å². The molecule has 0 radical (unpaired) electrons. The summed E-state index contributed by atoms with van der Waals surface area (Å²) in [5.74, 6) is 1.88. The van der Waals surface area contributed by atoms with E-state index in [9.17, 15) is 4.79 Å². The van der Waals surface area contributed by atoms with Crippen molar-refractivity contribution in [3.05, 3.63) is 36.2 Å². The number of amides is 1. The van der Waals surface area contributed by atoms with Crippen LogP contribution in [0.1, 0.15) is 53.2 Å². The maximum atomic E-state index is 12.2. The van der Waals surface area contributed by atoms with Crippen molar-refractivity contribution >= 4 is 11.7 Å². The summed E-state index contributed by atoms with van der Waals surface area (Å²) in [7, 11) is 0. The van der Waals surface area contributed by atoms with E-state index in [1.54, 1.807) is 10.9 Å². The number of nitrogens with one attached hydrogen (secondary N) is 1. The minimum atomic E-state index is -0.0998. The van der Waals surface area contributed by atoms with Crippen LogP contribution in [0.4, 0.5) is 5.82 Å². The van der Waals surface area contributed by atoms with Crippen LogP contribution in [-0.4, -0.2) is 20.7 Å². The van der Waals surface area contributed by atoms with Gasteiger partial charge in [0.05, 0.1) is 5.69 Å². The van der Waals surface area contributed by atoms with Gasteiger partial charge in [-0.15, -0.1) is 0 Å². The molecule has 23 heavy (non-hydrogen) atoms. The minimum Gasteiger partial charge on any atom is -0.311 e. The molecule has 124 valence electrons. The molecule has 0 saturated carbocycles. The number of rotatable bonds is 5. The fourth-order valence-electron chi connectivity index (χ4n) is 2.12. The van der Waals surface area contributed by atoms with E-state index in [4.69, 9.17) is 0 Å². The molecule has 0 aromatic carbocycles. The Morgan fingerprint density at radius 3 is 2.61 bits per heavy atom. The summed E-state index contributed by atoms with van der Waals surface area (Å²) in [5.41, 5.74) is 0.819. The Balaban J connectivity index is 2.30. The first-order chi connectivity index (χ1) is 10.8. The van der Waals surface area contributed by atoms with Gasteiger partial charge in [-0.25, -0.2) is 4.98 Å². The molecular formula is C18H26N4O. The monoisotopic (exact) mass is 314 g/mol. The zero-order valence-corrected chi connectivity index (χ0v) is 14.6. The van der Waals surface area contributed by atoms with Gasteiger partial charge < -0.3 is 5.32 Å². The Hall–Kier alpha value is -2.17. The Kier molecular flexibility index (Phi) is 5.19. The van der Waals surface area contributed by atoms with Crippen LogP contribution in [0.25, 0.3) is 5.82 Å². The number of aromatic nitrogens is 3. The molecule has 0 spiro atoms. The number of carbonyl (C=O) groups is 1. The summed E-state index contributed by atoms with van der Waals surface area (Å²) < 4.78 is 1.70. The summed E-state index contributed by atoms with van der Waals surface area (Å²) >= 11 is 0. The number of carbonyl (C=O) groups excluding carboxylic acids is 1. The third-order valence-electron chi connectivity index (χ3n) is 3.56. The lowest BCUT2D eigenvalue weighted by atomic mass is 9.92. The van der Waals surface area contributed by atoms with Crippen molar-refractivity contribution in [2.75, 3.05) is 5.32 Å². The molecule has 1 amide bonds. The van der Waals surface area contributed by atoms with Crippen molar-refractivity contribution in [1.29, 1.82) is 0 Å². The number of pyridine rings is 1. The Morgan fingerprint density at radius 2 is 2.04 bits per heavy atom. The molecular weight excluding hydrogens is 288 g/mol. The fourth-order valence-corrected chi connectivity index (χ4v) is 2.12. The van der Waals surface area contributed by atoms with Gasteiger partial charge in [0.15, 0.2) is 5.82 Å². The molecule has 0 aliphatic carbocycles. The van der Waals surface area contributed by atoms with Crippen LogP contribution in [0.2, 0.25) is 0 Å². The third kappa shape index (κ3) is 4.65. The van der Waals surface area contributed by atoms with Gasteiger partial charge in [-0.2, -0.15) is 9.78 Å². The molecule has 1 N–H and O–H groups in total. The number of nitrogens with zero attached hydrogens (tertiary/aromatic N) is 3. The fraction of sp³-hybridized carbons (Fsp3) is 0.500. The highest BCUT2D eigenvalue weighted by Crippen LogP contribution is 2.25. The lowest BCUT2D eigenvalue weighted by Gasteiger charge is -2.13. The highest BCUT2D eigenvalue weighted by molar-refractivity contribution is 5.90. The molecule has 0 fully saturated rings. The Bertz CT molecular complexity index is 653. The van der Waals surface area contributed by atoms with Crippen molar-refractivity contribution in [2.45, 2.75) is 52.9 Å². The second kappa shape index (κ2) is 6.94. The van der Waals surface area contributed by atoms with E-state index in [2.05, 4.69) is 50.0 Å². The van der Waals surface area contributed by atoms with Crippen LogP contribution < -0.4 is 5.32 Å². The molecule has 5 heteroatoms. The number of hydrogen-bond acceptors (Lipinski definition) is 3. The summed E-state index contributed by atoms with van der Waals surface area (Å²) in [5, 5.41) is 7.62. The molecule has 2 heterocycles. The predicted molar refractivity (Wildman–Crippen MR) is 92.8 cm³/mol. The van der Waals surface area contributed by atoms with Crippen LogP contribution in [0.15, 0.2) is 30.5 Å². The minimum absolute atomic E-state index is 0.0104. The zero-order valence-electron chi connectivity index (χ0n) is 14.6. The second-order valence-electron chi connectivity index (χ2n) is 7.25. The topological polar surface area (TPSA) is 59.8 Å². The number of hydrogen-bond donors (Lipinski definition) is 1. The quantitative estimate of drug-likeness (QED) is 0.909. The molecule has 2 aromatic rings. The van der Waals surface area contributed by atoms with Gasteiger partial charge in [-0.3, -0.25) is 4.79 Å². The van der Waals surface area contributed by atoms with Gasteiger partial charge in [-0.05, 0) is 24.5 Å². The first-order valence-electron chi connectivity index (χ1n) is 8.09. The lowest BCUT2D eigenvalue weighted by Crippen LogP contribution is -2.15. The summed E-state index contributed by atoms with van der Waals surface area (Å²) in [6.45, 7) is 10.5. The van der Waals surface area contributed by atoms with Crippen LogP contribution in [-0.2, 0) is 10.2 Å². The van der Waals surface area contributed by atoms with Crippen molar-refractivity contribution < 1.29 is 4.79 Å². The van der Waals surface area contributed by atoms with E-state index < -0.39 is 0 Å². The third-order valence-corrected chi connectivity index (χ3v) is 3.56. The van der Waals surface area contributed by atoms with Gasteiger partial charge in [0.2, 0.25) is 5.91 Å². The van der Waals surface area contributed by atoms with E-state index in [0.29, 0.717) is 24.0 Å². The smallest absolute Gasteiger partial charge is 0.225 e. The average molecular weight is 314 g/mol. The summed E-state index contributed by atoms with van der Waals surface area (Å²) in [6, 6.07) is 7.58. The second-order valence-corrected chi connectivity index (χ2v) is 7.25. The molecule has 5 nitrogen and oxygen atoms in total. The number of anilines is 1. The summed E-state index contributed by atoms with van der Waals surface area (Å²) in [6.07, 6.45) is 3.10. The SMILES string of the molecule is CC(C)CCC(=O)Nc1cc(C(C)(C)C)nn1-c1ccccn1. The molecule has 0 aliphatic heterocycles. The van der Waals surface area contributed by atoms with E-state index in [1.165, 1.54) is 0 Å². The van der Waals surface area contributed by atoms with E-state index in [1.807, 2.05) is 24.3 Å². The average Bonchev–Trinajstić information content (AvgIpc) is 2.90. The van der Waals surface area contributed by atoms with Crippen LogP contribution in [0.3, 0.4) is 0 Å². The predicted octanol–water partition coefficient (Wildman–Crippen LogP) is 3.94. The first kappa shape index (κ1) is 17.2. The van der Waals surface area contributed by atoms with Crippen molar-refractivity contribution in [3.63, 3.8) is 0 Å². The van der Waals surface area contributed by atoms with Crippen LogP contribution in [0, 0.1) is 5.92 Å². The maximum Gasteiger partial charge on any atom is 0.225 e. The van der Waals surface area contributed by atoms with Gasteiger partial charge in [0.1, 0.15) is 5.82 Å². The van der Waals surface area contributed by atoms with Crippen molar-refractivity contribution in [3.8, 4) is 5.82 Å². The van der Waals surface area contributed by atoms with Gasteiger partial charge in [0.25, 0.3) is 0 Å². The molecule has 2 rings (SSSR count). The van der Waals surface area contributed by atoms with Crippen molar-refractivity contribution in [1.82, 2.24) is 14.8 Å². The van der Waals surface area contributed by atoms with Gasteiger partial charge in [-0.1, -0.05) is 40.7 Å². The highest BCUT2D eigenvalue weighted by atomic mass is 16.1. The van der Waals surface area contributed by atoms with Gasteiger partial charge >= 0.3 is 0 Å². The van der Waals surface area contributed by atoms with Crippen molar-refractivity contribution in [2.24, 2.45) is 5.92 Å². The van der Waals surface area contributed by atoms with Gasteiger partial charge in [0, 0.05) is 24.1 Å². The lowest BCUT2D eigenvalue weighted by molar-refractivity contribution is -0.116. The molecule has 2 aromatic heterocycles. The standard InChI is InChI=1S/C18H26N4O/c1-13(2)9-10-17(23)20-16-12-14(18(3,4)5)21-22(16)15-8-6-7-11-19-15/h6-8,11-13H,9-10H2,1-5H3,(H,20,23). The molecule has 0 atom stereocenters.